The largest absolute Gasteiger partial charge is 0.343 e. The molecule has 0 unspecified atom stereocenters. The molecule has 14 heavy (non-hydrogen) atoms. The van der Waals surface area contributed by atoms with Gasteiger partial charge in [0.15, 0.2) is 0 Å². The number of hydrogen-bond donors (Lipinski definition) is 0. The van der Waals surface area contributed by atoms with Crippen molar-refractivity contribution in [3.8, 4) is 0 Å². The van der Waals surface area contributed by atoms with Crippen LogP contribution < -0.4 is 4.90 Å². The molecular weight excluding hydrogens is 284 g/mol. The Morgan fingerprint density at radius 3 is 3.00 bits per heavy atom. The molecule has 0 N–H and O–H groups in total. The lowest BCUT2D eigenvalue weighted by molar-refractivity contribution is 0.882. The van der Waals surface area contributed by atoms with Gasteiger partial charge in [-0.2, -0.15) is 0 Å². The number of thiophene rings is 1. The summed E-state index contributed by atoms with van der Waals surface area (Å²) in [7, 11) is 1.98. The van der Waals surface area contributed by atoms with Gasteiger partial charge < -0.3 is 4.90 Å². The van der Waals surface area contributed by atoms with Gasteiger partial charge in [-0.15, -0.1) is 11.3 Å². The molecule has 0 aromatic carbocycles. The fourth-order valence-corrected chi connectivity index (χ4v) is 2.94. The zero-order chi connectivity index (χ0) is 9.97. The summed E-state index contributed by atoms with van der Waals surface area (Å²) in [5.41, 5.74) is 0. The summed E-state index contributed by atoms with van der Waals surface area (Å²) < 4.78 is 4.85. The van der Waals surface area contributed by atoms with Crippen molar-refractivity contribution in [1.82, 2.24) is 14.8 Å². The molecule has 0 atom stereocenters. The third-order valence-electron chi connectivity index (χ3n) is 1.63. The van der Waals surface area contributed by atoms with E-state index in [0.717, 1.165) is 16.1 Å². The van der Waals surface area contributed by atoms with Crippen molar-refractivity contribution in [2.45, 2.75) is 6.54 Å². The number of nitrogens with zero attached hydrogens (tertiary/aromatic N) is 4. The summed E-state index contributed by atoms with van der Waals surface area (Å²) in [6.07, 6.45) is 0. The van der Waals surface area contributed by atoms with Crippen LogP contribution in [0.4, 0.5) is 5.13 Å². The monoisotopic (exact) mass is 290 g/mol. The van der Waals surface area contributed by atoms with E-state index in [4.69, 9.17) is 0 Å². The van der Waals surface area contributed by atoms with Gasteiger partial charge in [0.2, 0.25) is 5.13 Å². The summed E-state index contributed by atoms with van der Waals surface area (Å²) in [5, 5.41) is 10.4. The average Bonchev–Trinajstić information content (AvgIpc) is 2.75. The van der Waals surface area contributed by atoms with Crippen LogP contribution in [0.3, 0.4) is 0 Å². The first-order valence-electron chi connectivity index (χ1n) is 3.85. The summed E-state index contributed by atoms with van der Waals surface area (Å²) in [6.45, 7) is 0.840. The number of rotatable bonds is 3. The highest BCUT2D eigenvalue weighted by atomic mass is 79.9. The van der Waals surface area contributed by atoms with Gasteiger partial charge in [0.05, 0.1) is 6.54 Å². The fraction of sp³-hybridized carbons (Fsp3) is 0.286. The molecule has 7 heteroatoms. The predicted octanol–water partition coefficient (Wildman–Crippen LogP) is 2.39. The Bertz CT molecular complexity index is 399. The number of hydrogen-bond acceptors (Lipinski definition) is 6. The van der Waals surface area contributed by atoms with Crippen LogP contribution in [0.2, 0.25) is 0 Å². The molecule has 0 bridgehead atoms. The Morgan fingerprint density at radius 1 is 1.57 bits per heavy atom. The first-order valence-corrected chi connectivity index (χ1v) is 6.29. The third kappa shape index (κ3) is 2.28. The van der Waals surface area contributed by atoms with Crippen LogP contribution in [0, 0.1) is 0 Å². The van der Waals surface area contributed by atoms with E-state index < -0.39 is 0 Å². The zero-order valence-corrected chi connectivity index (χ0v) is 10.6. The Morgan fingerprint density at radius 2 is 2.43 bits per heavy atom. The smallest absolute Gasteiger partial charge is 0.227 e. The zero-order valence-electron chi connectivity index (χ0n) is 7.35. The predicted molar refractivity (Wildman–Crippen MR) is 61.8 cm³/mol. The molecule has 2 rings (SSSR count). The molecule has 2 heterocycles. The molecule has 0 radical (unpaired) electrons. The molecule has 4 nitrogen and oxygen atoms in total. The van der Waals surface area contributed by atoms with Crippen LogP contribution >= 0.6 is 38.8 Å². The molecule has 74 valence electrons. The molecule has 2 aromatic rings. The summed E-state index contributed by atoms with van der Waals surface area (Å²) in [4.78, 5) is 3.32. The van der Waals surface area contributed by atoms with Crippen LogP contribution in [0.1, 0.15) is 4.88 Å². The minimum atomic E-state index is 0.840. The quantitative estimate of drug-likeness (QED) is 0.871. The van der Waals surface area contributed by atoms with Crippen LogP contribution in [-0.2, 0) is 6.54 Å². The topological polar surface area (TPSA) is 41.9 Å². The average molecular weight is 291 g/mol. The number of anilines is 1. The van der Waals surface area contributed by atoms with Crippen molar-refractivity contribution in [3.63, 3.8) is 0 Å². The summed E-state index contributed by atoms with van der Waals surface area (Å²) in [6, 6.07) is 2.11. The van der Waals surface area contributed by atoms with Crippen molar-refractivity contribution in [2.75, 3.05) is 11.9 Å². The highest BCUT2D eigenvalue weighted by Crippen LogP contribution is 2.22. The van der Waals surface area contributed by atoms with E-state index in [0.29, 0.717) is 0 Å². The molecule has 0 aliphatic heterocycles. The molecule has 0 fully saturated rings. The lowest BCUT2D eigenvalue weighted by Crippen LogP contribution is -2.15. The molecule has 0 amide bonds. The first-order chi connectivity index (χ1) is 6.75. The second kappa shape index (κ2) is 4.33. The van der Waals surface area contributed by atoms with Crippen molar-refractivity contribution >= 4 is 43.9 Å². The van der Waals surface area contributed by atoms with E-state index in [1.54, 1.807) is 11.3 Å². The second-order valence-corrected chi connectivity index (χ2v) is 5.35. The van der Waals surface area contributed by atoms with Crippen molar-refractivity contribution in [1.29, 1.82) is 0 Å². The minimum absolute atomic E-state index is 0.840. The highest BCUT2D eigenvalue weighted by molar-refractivity contribution is 9.10. The van der Waals surface area contributed by atoms with Crippen LogP contribution in [0.5, 0.6) is 0 Å². The molecule has 0 saturated heterocycles. The van der Waals surface area contributed by atoms with Gasteiger partial charge in [0.25, 0.3) is 0 Å². The first kappa shape index (κ1) is 10.0. The van der Waals surface area contributed by atoms with Gasteiger partial charge in [-0.3, -0.25) is 0 Å². The normalized spacial score (nSPS) is 10.4. The van der Waals surface area contributed by atoms with E-state index in [1.165, 1.54) is 16.4 Å². The van der Waals surface area contributed by atoms with E-state index in [-0.39, 0.29) is 0 Å². The van der Waals surface area contributed by atoms with E-state index >= 15 is 0 Å². The molecule has 0 aliphatic rings. The van der Waals surface area contributed by atoms with E-state index in [9.17, 15) is 0 Å². The van der Waals surface area contributed by atoms with Crippen LogP contribution in [0.15, 0.2) is 15.9 Å². The maximum absolute atomic E-state index is 3.90. The summed E-state index contributed by atoms with van der Waals surface area (Å²) in [5.74, 6) is 0. The van der Waals surface area contributed by atoms with Gasteiger partial charge in [-0.1, -0.05) is 9.59 Å². The Hall–Kier alpha value is -0.530. The molecule has 0 saturated carbocycles. The Labute approximate surface area is 97.9 Å². The maximum atomic E-state index is 3.90. The lowest BCUT2D eigenvalue weighted by atomic mass is 10.4. The van der Waals surface area contributed by atoms with Gasteiger partial charge in [0, 0.05) is 33.3 Å². The maximum Gasteiger partial charge on any atom is 0.227 e. The van der Waals surface area contributed by atoms with Gasteiger partial charge >= 0.3 is 0 Å². The number of halogens is 1. The van der Waals surface area contributed by atoms with Crippen LogP contribution in [-0.4, -0.2) is 21.8 Å². The van der Waals surface area contributed by atoms with Crippen molar-refractivity contribution < 1.29 is 0 Å². The van der Waals surface area contributed by atoms with E-state index in [2.05, 4.69) is 42.2 Å². The van der Waals surface area contributed by atoms with Gasteiger partial charge in [-0.05, 0) is 27.2 Å². The van der Waals surface area contributed by atoms with Crippen molar-refractivity contribution in [2.24, 2.45) is 0 Å². The fourth-order valence-electron chi connectivity index (χ4n) is 1.01. The molecule has 0 spiro atoms. The van der Waals surface area contributed by atoms with Crippen molar-refractivity contribution in [3.05, 3.63) is 20.8 Å². The SMILES string of the molecule is CN(Cc1cc(Br)cs1)c1nnns1. The third-order valence-corrected chi connectivity index (χ3v) is 4.02. The lowest BCUT2D eigenvalue weighted by Gasteiger charge is -2.12. The van der Waals surface area contributed by atoms with Gasteiger partial charge in [-0.25, -0.2) is 0 Å². The van der Waals surface area contributed by atoms with Crippen LogP contribution in [0.25, 0.3) is 0 Å². The summed E-state index contributed by atoms with van der Waals surface area (Å²) >= 11 is 6.45. The Balaban J connectivity index is 2.05. The minimum Gasteiger partial charge on any atom is -0.343 e. The standard InChI is InChI=1S/C7H7BrN4S2/c1-12(7-9-10-11-14-7)3-6-2-5(8)4-13-6/h2,4H,3H2,1H3. The highest BCUT2D eigenvalue weighted by Gasteiger charge is 2.07. The Kier molecular flexibility index (Phi) is 3.09. The van der Waals surface area contributed by atoms with Gasteiger partial charge in [0.1, 0.15) is 0 Å². The number of aromatic nitrogens is 3. The molecule has 2 aromatic heterocycles. The molecular formula is C7H7BrN4S2. The molecule has 0 aliphatic carbocycles. The van der Waals surface area contributed by atoms with E-state index in [1.807, 2.05) is 11.9 Å². The second-order valence-electron chi connectivity index (χ2n) is 2.73.